The fraction of sp³-hybridized carbons (Fsp3) is 0.632. The first-order valence-corrected chi connectivity index (χ1v) is 10.8. The number of amides is 1. The molecule has 1 aliphatic heterocycles. The van der Waals surface area contributed by atoms with Crippen molar-refractivity contribution in [2.45, 2.75) is 43.7 Å². The van der Waals surface area contributed by atoms with E-state index in [0.29, 0.717) is 17.8 Å². The van der Waals surface area contributed by atoms with Gasteiger partial charge in [-0.25, -0.2) is 12.7 Å². The first kappa shape index (κ1) is 21.8. The van der Waals surface area contributed by atoms with E-state index in [1.165, 1.54) is 26.2 Å². The van der Waals surface area contributed by atoms with Crippen molar-refractivity contribution in [2.75, 3.05) is 46.1 Å². The Bertz CT molecular complexity index is 741. The van der Waals surface area contributed by atoms with Crippen molar-refractivity contribution in [3.8, 4) is 0 Å². The molecule has 0 atom stereocenters. The highest BCUT2D eigenvalue weighted by molar-refractivity contribution is 7.89. The predicted octanol–water partition coefficient (Wildman–Crippen LogP) is 1.68. The van der Waals surface area contributed by atoms with Gasteiger partial charge in [0, 0.05) is 31.9 Å². The van der Waals surface area contributed by atoms with Crippen molar-refractivity contribution < 1.29 is 13.2 Å². The third kappa shape index (κ3) is 5.75. The second-order valence-electron chi connectivity index (χ2n) is 7.64. The Morgan fingerprint density at radius 1 is 1.22 bits per heavy atom. The molecule has 7 nitrogen and oxygen atoms in total. The first-order chi connectivity index (χ1) is 12.6. The van der Waals surface area contributed by atoms with Crippen molar-refractivity contribution in [1.82, 2.24) is 14.1 Å². The number of benzene rings is 1. The molecule has 0 aliphatic carbocycles. The van der Waals surface area contributed by atoms with Crippen LogP contribution in [0.25, 0.3) is 0 Å². The molecular formula is C19H32N4O3S. The van der Waals surface area contributed by atoms with Crippen LogP contribution < -0.4 is 5.32 Å². The molecule has 0 saturated carbocycles. The number of sulfonamides is 1. The highest BCUT2D eigenvalue weighted by Gasteiger charge is 2.25. The highest BCUT2D eigenvalue weighted by Crippen LogP contribution is 2.19. The van der Waals surface area contributed by atoms with Crippen molar-refractivity contribution >= 4 is 21.6 Å². The molecule has 1 N–H and O–H groups in total. The summed E-state index contributed by atoms with van der Waals surface area (Å²) in [6, 6.07) is 7.32. The lowest BCUT2D eigenvalue weighted by Crippen LogP contribution is -2.47. The second-order valence-corrected chi connectivity index (χ2v) is 9.79. The Labute approximate surface area is 163 Å². The van der Waals surface area contributed by atoms with Crippen molar-refractivity contribution in [2.24, 2.45) is 0 Å². The zero-order valence-electron chi connectivity index (χ0n) is 17.0. The molecule has 8 heteroatoms. The molecule has 0 radical (unpaired) electrons. The number of piperidine rings is 1. The molecule has 2 rings (SSSR count). The number of nitrogens with one attached hydrogen (secondary N) is 1. The van der Waals surface area contributed by atoms with E-state index in [2.05, 4.69) is 29.0 Å². The van der Waals surface area contributed by atoms with E-state index < -0.39 is 10.0 Å². The van der Waals surface area contributed by atoms with Crippen LogP contribution in [0.1, 0.15) is 26.7 Å². The van der Waals surface area contributed by atoms with Gasteiger partial charge < -0.3 is 10.2 Å². The molecular weight excluding hydrogens is 364 g/mol. The lowest BCUT2D eigenvalue weighted by molar-refractivity contribution is -0.117. The molecule has 0 unspecified atom stereocenters. The third-order valence-corrected chi connectivity index (χ3v) is 6.95. The van der Waals surface area contributed by atoms with Gasteiger partial charge in [-0.1, -0.05) is 6.07 Å². The first-order valence-electron chi connectivity index (χ1n) is 9.38. The van der Waals surface area contributed by atoms with Gasteiger partial charge in [-0.3, -0.25) is 9.69 Å². The number of nitrogens with zero attached hydrogens (tertiary/aromatic N) is 3. The van der Waals surface area contributed by atoms with Crippen LogP contribution in [0.2, 0.25) is 0 Å². The van der Waals surface area contributed by atoms with E-state index in [0.717, 1.165) is 30.2 Å². The zero-order chi connectivity index (χ0) is 20.2. The molecule has 1 aromatic carbocycles. The average Bonchev–Trinajstić information content (AvgIpc) is 2.61. The van der Waals surface area contributed by atoms with Crippen LogP contribution in [-0.4, -0.2) is 81.3 Å². The lowest BCUT2D eigenvalue weighted by atomic mass is 10.0. The molecule has 1 fully saturated rings. The van der Waals surface area contributed by atoms with Crippen molar-refractivity contribution in [3.05, 3.63) is 24.3 Å². The van der Waals surface area contributed by atoms with Crippen LogP contribution in [-0.2, 0) is 14.8 Å². The molecule has 27 heavy (non-hydrogen) atoms. The van der Waals surface area contributed by atoms with Gasteiger partial charge >= 0.3 is 0 Å². The minimum absolute atomic E-state index is 0.136. The van der Waals surface area contributed by atoms with Crippen LogP contribution in [0.15, 0.2) is 29.2 Å². The van der Waals surface area contributed by atoms with Gasteiger partial charge in [0.1, 0.15) is 0 Å². The Hall–Kier alpha value is -1.48. The number of likely N-dealkylation sites (N-methyl/N-ethyl adjacent to an activating group) is 1. The van der Waals surface area contributed by atoms with Gasteiger partial charge in [0.15, 0.2) is 0 Å². The number of hydrogen-bond acceptors (Lipinski definition) is 5. The fourth-order valence-corrected chi connectivity index (χ4v) is 4.29. The van der Waals surface area contributed by atoms with E-state index in [1.54, 1.807) is 12.1 Å². The lowest BCUT2D eigenvalue weighted by Gasteiger charge is -2.38. The van der Waals surface area contributed by atoms with E-state index in [4.69, 9.17) is 0 Å². The molecule has 0 bridgehead atoms. The van der Waals surface area contributed by atoms with Gasteiger partial charge in [-0.15, -0.1) is 0 Å². The molecule has 1 saturated heterocycles. The van der Waals surface area contributed by atoms with Crippen molar-refractivity contribution in [1.29, 1.82) is 0 Å². The molecule has 1 heterocycles. The summed E-state index contributed by atoms with van der Waals surface area (Å²) < 4.78 is 25.6. The maximum atomic E-state index is 12.4. The number of carbonyl (C=O) groups is 1. The van der Waals surface area contributed by atoms with Gasteiger partial charge in [0.25, 0.3) is 0 Å². The van der Waals surface area contributed by atoms with Crippen LogP contribution >= 0.6 is 0 Å². The standard InChI is InChI=1S/C19H32N4O3S/c1-15(2)23-11-9-17(10-12-23)22(5)14-19(24)20-16-7-6-8-18(13-16)27(25,26)21(3)4/h6-8,13,15,17H,9-12,14H2,1-5H3,(H,20,24). The maximum absolute atomic E-state index is 12.4. The summed E-state index contributed by atoms with van der Waals surface area (Å²) >= 11 is 0. The summed E-state index contributed by atoms with van der Waals surface area (Å²) in [5.41, 5.74) is 0.492. The summed E-state index contributed by atoms with van der Waals surface area (Å²) in [4.78, 5) is 17.1. The number of rotatable bonds is 7. The monoisotopic (exact) mass is 396 g/mol. The second kappa shape index (κ2) is 9.14. The van der Waals surface area contributed by atoms with Crippen LogP contribution in [0, 0.1) is 0 Å². The Balaban J connectivity index is 1.92. The quantitative estimate of drug-likeness (QED) is 0.759. The minimum Gasteiger partial charge on any atom is -0.325 e. The predicted molar refractivity (Wildman–Crippen MR) is 108 cm³/mol. The van der Waals surface area contributed by atoms with E-state index in [9.17, 15) is 13.2 Å². The molecule has 1 aromatic rings. The molecule has 152 valence electrons. The number of anilines is 1. The largest absolute Gasteiger partial charge is 0.325 e. The number of carbonyl (C=O) groups excluding carboxylic acids is 1. The summed E-state index contributed by atoms with van der Waals surface area (Å²) in [5.74, 6) is -0.136. The Kier molecular flexibility index (Phi) is 7.39. The number of likely N-dealkylation sites (tertiary alicyclic amines) is 1. The van der Waals surface area contributed by atoms with Crippen molar-refractivity contribution in [3.63, 3.8) is 0 Å². The normalized spacial score (nSPS) is 17.0. The van der Waals surface area contributed by atoms with Crippen LogP contribution in [0.4, 0.5) is 5.69 Å². The average molecular weight is 397 g/mol. The molecule has 1 aliphatic rings. The van der Waals surface area contributed by atoms with Gasteiger partial charge in [0.2, 0.25) is 15.9 Å². The molecule has 0 spiro atoms. The Morgan fingerprint density at radius 2 is 1.85 bits per heavy atom. The van der Waals surface area contributed by atoms with Gasteiger partial charge in [0.05, 0.1) is 11.4 Å². The van der Waals surface area contributed by atoms with Gasteiger partial charge in [-0.05, 0) is 65.0 Å². The Morgan fingerprint density at radius 3 is 2.41 bits per heavy atom. The smallest absolute Gasteiger partial charge is 0.242 e. The van der Waals surface area contributed by atoms with Crippen LogP contribution in [0.5, 0.6) is 0 Å². The molecule has 1 amide bonds. The maximum Gasteiger partial charge on any atom is 0.242 e. The van der Waals surface area contributed by atoms with E-state index in [1.807, 2.05) is 7.05 Å². The summed E-state index contributed by atoms with van der Waals surface area (Å²) in [6.07, 6.45) is 2.11. The highest BCUT2D eigenvalue weighted by atomic mass is 32.2. The van der Waals surface area contributed by atoms with E-state index >= 15 is 0 Å². The number of hydrogen-bond donors (Lipinski definition) is 1. The third-order valence-electron chi connectivity index (χ3n) is 5.14. The molecule has 0 aromatic heterocycles. The zero-order valence-corrected chi connectivity index (χ0v) is 17.8. The van der Waals surface area contributed by atoms with Crippen LogP contribution in [0.3, 0.4) is 0 Å². The topological polar surface area (TPSA) is 73.0 Å². The summed E-state index contributed by atoms with van der Waals surface area (Å²) in [5, 5.41) is 2.82. The summed E-state index contributed by atoms with van der Waals surface area (Å²) in [6.45, 7) is 6.82. The minimum atomic E-state index is -3.52. The van der Waals surface area contributed by atoms with Gasteiger partial charge in [-0.2, -0.15) is 0 Å². The summed E-state index contributed by atoms with van der Waals surface area (Å²) in [7, 11) is 1.43. The fourth-order valence-electron chi connectivity index (χ4n) is 3.34. The SMILES string of the molecule is CC(C)N1CCC(N(C)CC(=O)Nc2cccc(S(=O)(=O)N(C)C)c2)CC1. The van der Waals surface area contributed by atoms with E-state index in [-0.39, 0.29) is 17.3 Å².